The molecule has 1 N–H and O–H groups in total. The van der Waals surface area contributed by atoms with E-state index in [4.69, 9.17) is 4.74 Å². The fourth-order valence-corrected chi connectivity index (χ4v) is 4.38. The molecule has 0 aromatic heterocycles. The number of esters is 1. The van der Waals surface area contributed by atoms with E-state index >= 15 is 0 Å². The number of aliphatic hydroxyl groups excluding tert-OH is 1. The molecule has 0 radical (unpaired) electrons. The van der Waals surface area contributed by atoms with Gasteiger partial charge in [-0.2, -0.15) is 0 Å². The highest BCUT2D eigenvalue weighted by atomic mass is 16.5. The van der Waals surface area contributed by atoms with Crippen LogP contribution in [0.2, 0.25) is 0 Å². The molecule has 4 rings (SSSR count). The Bertz CT molecular complexity index is 1040. The molecule has 1 amide bonds. The molecule has 2 saturated heterocycles. The monoisotopic (exact) mass is 434 g/mol. The van der Waals surface area contributed by atoms with Gasteiger partial charge in [-0.15, -0.1) is 0 Å². The Balaban J connectivity index is 1.74. The van der Waals surface area contributed by atoms with Gasteiger partial charge >= 0.3 is 5.97 Å². The van der Waals surface area contributed by atoms with Gasteiger partial charge in [0, 0.05) is 18.7 Å². The Morgan fingerprint density at radius 1 is 0.969 bits per heavy atom. The lowest BCUT2D eigenvalue weighted by Gasteiger charge is -2.27. The summed E-state index contributed by atoms with van der Waals surface area (Å²) in [5.74, 6) is -1.99. The Labute approximate surface area is 186 Å². The van der Waals surface area contributed by atoms with Crippen molar-refractivity contribution in [2.24, 2.45) is 0 Å². The van der Waals surface area contributed by atoms with Crippen LogP contribution in [0.1, 0.15) is 40.4 Å². The number of hydrogen-bond donors (Lipinski definition) is 1. The van der Waals surface area contributed by atoms with E-state index in [-0.39, 0.29) is 11.3 Å². The van der Waals surface area contributed by atoms with Crippen molar-refractivity contribution in [2.45, 2.75) is 18.9 Å². The summed E-state index contributed by atoms with van der Waals surface area (Å²) >= 11 is 0. The second-order valence-corrected chi connectivity index (χ2v) is 8.02. The van der Waals surface area contributed by atoms with Gasteiger partial charge in [0.15, 0.2) is 0 Å². The molecule has 7 heteroatoms. The Hall–Kier alpha value is -3.45. The SMILES string of the molecule is COC(=O)c1ccc(C2/C(=C(\O)c3ccccc3)C(=O)C(=O)N2CCN2CCCC2)cc1. The molecule has 7 nitrogen and oxygen atoms in total. The average molecular weight is 434 g/mol. The number of likely N-dealkylation sites (tertiary alicyclic amines) is 2. The summed E-state index contributed by atoms with van der Waals surface area (Å²) < 4.78 is 4.76. The van der Waals surface area contributed by atoms with Crippen molar-refractivity contribution in [1.82, 2.24) is 9.80 Å². The van der Waals surface area contributed by atoms with Crippen LogP contribution in [0.4, 0.5) is 0 Å². The van der Waals surface area contributed by atoms with Crippen LogP contribution < -0.4 is 0 Å². The Kier molecular flexibility index (Phi) is 6.37. The molecule has 2 aliphatic heterocycles. The first-order valence-electron chi connectivity index (χ1n) is 10.8. The Morgan fingerprint density at radius 2 is 1.62 bits per heavy atom. The number of nitrogens with zero attached hydrogens (tertiary/aromatic N) is 2. The minimum Gasteiger partial charge on any atom is -0.507 e. The number of amides is 1. The van der Waals surface area contributed by atoms with Gasteiger partial charge in [0.2, 0.25) is 0 Å². The fraction of sp³-hybridized carbons (Fsp3) is 0.320. The lowest BCUT2D eigenvalue weighted by Crippen LogP contribution is -2.37. The summed E-state index contributed by atoms with van der Waals surface area (Å²) in [5.41, 5.74) is 1.55. The molecular weight excluding hydrogens is 408 g/mol. The molecule has 0 bridgehead atoms. The molecule has 0 aliphatic carbocycles. The normalized spacial score (nSPS) is 20.7. The second kappa shape index (κ2) is 9.36. The van der Waals surface area contributed by atoms with Crippen molar-refractivity contribution in [1.29, 1.82) is 0 Å². The summed E-state index contributed by atoms with van der Waals surface area (Å²) in [4.78, 5) is 41.7. The summed E-state index contributed by atoms with van der Waals surface area (Å²) in [7, 11) is 1.31. The quantitative estimate of drug-likeness (QED) is 0.326. The molecule has 166 valence electrons. The van der Waals surface area contributed by atoms with E-state index in [0.29, 0.717) is 29.8 Å². The van der Waals surface area contributed by atoms with Crippen LogP contribution in [0, 0.1) is 0 Å². The van der Waals surface area contributed by atoms with Gasteiger partial charge < -0.3 is 19.6 Å². The molecule has 2 aliphatic rings. The first-order valence-corrected chi connectivity index (χ1v) is 10.8. The summed E-state index contributed by atoms with van der Waals surface area (Å²) in [5, 5.41) is 11.0. The van der Waals surface area contributed by atoms with Gasteiger partial charge in [-0.25, -0.2) is 4.79 Å². The lowest BCUT2D eigenvalue weighted by atomic mass is 9.94. The topological polar surface area (TPSA) is 87.1 Å². The minimum absolute atomic E-state index is 0.0634. The van der Waals surface area contributed by atoms with Crippen LogP contribution in [0.15, 0.2) is 60.2 Å². The summed E-state index contributed by atoms with van der Waals surface area (Å²) in [6.45, 7) is 2.99. The average Bonchev–Trinajstić information content (AvgIpc) is 3.44. The highest BCUT2D eigenvalue weighted by Gasteiger charge is 2.46. The first kappa shape index (κ1) is 21.8. The molecule has 1 atom stereocenters. The van der Waals surface area contributed by atoms with E-state index < -0.39 is 23.7 Å². The van der Waals surface area contributed by atoms with Crippen LogP contribution >= 0.6 is 0 Å². The summed E-state index contributed by atoms with van der Waals surface area (Å²) in [6, 6.07) is 14.6. The predicted octanol–water partition coefficient (Wildman–Crippen LogP) is 2.99. The predicted molar refractivity (Wildman–Crippen MR) is 119 cm³/mol. The van der Waals surface area contributed by atoms with Crippen molar-refractivity contribution < 1.29 is 24.2 Å². The molecular formula is C25H26N2O5. The largest absolute Gasteiger partial charge is 0.507 e. The molecule has 0 saturated carbocycles. The van der Waals surface area contributed by atoms with Crippen molar-refractivity contribution in [3.8, 4) is 0 Å². The third-order valence-corrected chi connectivity index (χ3v) is 6.09. The van der Waals surface area contributed by atoms with E-state index in [0.717, 1.165) is 25.9 Å². The van der Waals surface area contributed by atoms with Gasteiger partial charge in [0.1, 0.15) is 5.76 Å². The van der Waals surface area contributed by atoms with E-state index in [9.17, 15) is 19.5 Å². The van der Waals surface area contributed by atoms with Crippen LogP contribution in [0.3, 0.4) is 0 Å². The first-order chi connectivity index (χ1) is 15.5. The number of aliphatic hydroxyl groups is 1. The van der Waals surface area contributed by atoms with Crippen molar-refractivity contribution in [3.05, 3.63) is 76.9 Å². The molecule has 2 heterocycles. The zero-order valence-corrected chi connectivity index (χ0v) is 18.0. The third-order valence-electron chi connectivity index (χ3n) is 6.09. The van der Waals surface area contributed by atoms with Crippen LogP contribution in [0.25, 0.3) is 5.76 Å². The van der Waals surface area contributed by atoms with Crippen molar-refractivity contribution in [2.75, 3.05) is 33.3 Å². The standard InChI is InChI=1S/C25H26N2O5/c1-32-25(31)19-11-9-17(10-12-19)21-20(22(28)18-7-3-2-4-8-18)23(29)24(30)27(21)16-15-26-13-5-6-14-26/h2-4,7-12,21,28H,5-6,13-16H2,1H3/b22-20+. The van der Waals surface area contributed by atoms with Gasteiger partial charge in [-0.05, 0) is 43.6 Å². The van der Waals surface area contributed by atoms with E-state index in [1.165, 1.54) is 12.0 Å². The molecule has 1 unspecified atom stereocenters. The number of hydrogen-bond acceptors (Lipinski definition) is 6. The number of methoxy groups -OCH3 is 1. The van der Waals surface area contributed by atoms with Gasteiger partial charge in [0.05, 0.1) is 24.3 Å². The molecule has 32 heavy (non-hydrogen) atoms. The number of ether oxygens (including phenoxy) is 1. The highest BCUT2D eigenvalue weighted by Crippen LogP contribution is 2.39. The highest BCUT2D eigenvalue weighted by molar-refractivity contribution is 6.46. The maximum atomic E-state index is 13.0. The molecule has 2 aromatic rings. The van der Waals surface area contributed by atoms with Crippen LogP contribution in [-0.4, -0.2) is 65.9 Å². The summed E-state index contributed by atoms with van der Waals surface area (Å²) in [6.07, 6.45) is 2.26. The maximum Gasteiger partial charge on any atom is 0.337 e. The molecule has 2 aromatic carbocycles. The molecule has 0 spiro atoms. The van der Waals surface area contributed by atoms with E-state index in [1.54, 1.807) is 48.5 Å². The van der Waals surface area contributed by atoms with Gasteiger partial charge in [-0.3, -0.25) is 9.59 Å². The smallest absolute Gasteiger partial charge is 0.337 e. The lowest BCUT2D eigenvalue weighted by molar-refractivity contribution is -0.140. The fourth-order valence-electron chi connectivity index (χ4n) is 4.38. The van der Waals surface area contributed by atoms with Crippen molar-refractivity contribution in [3.63, 3.8) is 0 Å². The van der Waals surface area contributed by atoms with Crippen LogP contribution in [0.5, 0.6) is 0 Å². The number of carbonyl (C=O) groups excluding carboxylic acids is 3. The number of Topliss-reactive ketones (excluding diaryl/α,β-unsaturated/α-hetero) is 1. The zero-order chi connectivity index (χ0) is 22.7. The third kappa shape index (κ3) is 4.16. The zero-order valence-electron chi connectivity index (χ0n) is 18.0. The number of ketones is 1. The molecule has 2 fully saturated rings. The van der Waals surface area contributed by atoms with E-state index in [1.807, 2.05) is 6.07 Å². The van der Waals surface area contributed by atoms with Crippen molar-refractivity contribution >= 4 is 23.4 Å². The number of rotatable bonds is 6. The van der Waals surface area contributed by atoms with Gasteiger partial charge in [-0.1, -0.05) is 42.5 Å². The van der Waals surface area contributed by atoms with Gasteiger partial charge in [0.25, 0.3) is 11.7 Å². The minimum atomic E-state index is -0.732. The second-order valence-electron chi connectivity index (χ2n) is 8.02. The number of carbonyl (C=O) groups is 3. The Morgan fingerprint density at radius 3 is 2.25 bits per heavy atom. The van der Waals surface area contributed by atoms with Crippen LogP contribution in [-0.2, 0) is 14.3 Å². The number of benzene rings is 2. The van der Waals surface area contributed by atoms with E-state index in [2.05, 4.69) is 4.90 Å². The maximum absolute atomic E-state index is 13.0.